The number of aliphatic hydroxyl groups is 1. The highest BCUT2D eigenvalue weighted by atomic mass is 19.2. The molecule has 0 bridgehead atoms. The summed E-state index contributed by atoms with van der Waals surface area (Å²) in [6.07, 6.45) is 3.85. The van der Waals surface area contributed by atoms with E-state index in [4.69, 9.17) is 17.2 Å². The SMILES string of the molecule is NC(N)=C/C=C(\N)c1cc(NC(=O)C2(O)CCC2)cc(F)c1F. The Hall–Kier alpha value is -2.61. The van der Waals surface area contributed by atoms with E-state index in [9.17, 15) is 18.7 Å². The Morgan fingerprint density at radius 3 is 2.39 bits per heavy atom. The Balaban J connectivity index is 2.31. The van der Waals surface area contributed by atoms with Gasteiger partial charge in [-0.15, -0.1) is 0 Å². The third-order valence-electron chi connectivity index (χ3n) is 3.66. The van der Waals surface area contributed by atoms with Crippen molar-refractivity contribution in [2.24, 2.45) is 17.2 Å². The zero-order valence-corrected chi connectivity index (χ0v) is 12.3. The molecule has 1 saturated carbocycles. The molecule has 0 heterocycles. The van der Waals surface area contributed by atoms with Gasteiger partial charge < -0.3 is 27.6 Å². The summed E-state index contributed by atoms with van der Waals surface area (Å²) in [5, 5.41) is 12.3. The van der Waals surface area contributed by atoms with Crippen molar-refractivity contribution in [1.29, 1.82) is 0 Å². The molecule has 0 saturated heterocycles. The molecule has 0 aliphatic heterocycles. The van der Waals surface area contributed by atoms with Crippen molar-refractivity contribution >= 4 is 17.3 Å². The van der Waals surface area contributed by atoms with Gasteiger partial charge in [-0.1, -0.05) is 0 Å². The molecule has 1 aliphatic rings. The molecule has 1 aliphatic carbocycles. The predicted molar refractivity (Wildman–Crippen MR) is 82.4 cm³/mol. The Bertz CT molecular complexity index is 693. The van der Waals surface area contributed by atoms with E-state index in [1.54, 1.807) is 0 Å². The summed E-state index contributed by atoms with van der Waals surface area (Å²) < 4.78 is 27.6. The smallest absolute Gasteiger partial charge is 0.256 e. The van der Waals surface area contributed by atoms with Crippen molar-refractivity contribution in [2.75, 3.05) is 5.32 Å². The molecule has 8 heteroatoms. The highest BCUT2D eigenvalue weighted by Crippen LogP contribution is 2.33. The molecule has 8 N–H and O–H groups in total. The van der Waals surface area contributed by atoms with E-state index >= 15 is 0 Å². The number of amides is 1. The normalized spacial score (nSPS) is 16.4. The number of halogens is 2. The predicted octanol–water partition coefficient (Wildman–Crippen LogP) is 0.877. The molecule has 1 aromatic carbocycles. The minimum absolute atomic E-state index is 0.00900. The van der Waals surface area contributed by atoms with E-state index in [-0.39, 0.29) is 22.8 Å². The van der Waals surface area contributed by atoms with Crippen molar-refractivity contribution < 1.29 is 18.7 Å². The van der Waals surface area contributed by atoms with E-state index in [1.807, 2.05) is 0 Å². The first-order valence-electron chi connectivity index (χ1n) is 6.94. The lowest BCUT2D eigenvalue weighted by Gasteiger charge is -2.34. The van der Waals surface area contributed by atoms with Crippen LogP contribution in [0.3, 0.4) is 0 Å². The van der Waals surface area contributed by atoms with Crippen molar-refractivity contribution in [3.8, 4) is 0 Å². The average molecular weight is 324 g/mol. The fourth-order valence-electron chi connectivity index (χ4n) is 2.13. The number of carbonyl (C=O) groups excluding carboxylic acids is 1. The molecule has 1 fully saturated rings. The van der Waals surface area contributed by atoms with Crippen LogP contribution >= 0.6 is 0 Å². The van der Waals surface area contributed by atoms with E-state index < -0.39 is 23.1 Å². The molecule has 0 atom stereocenters. The van der Waals surface area contributed by atoms with Gasteiger partial charge in [0.05, 0.1) is 5.82 Å². The third kappa shape index (κ3) is 3.59. The van der Waals surface area contributed by atoms with Crippen molar-refractivity contribution in [3.05, 3.63) is 47.3 Å². The summed E-state index contributed by atoms with van der Waals surface area (Å²) >= 11 is 0. The molecule has 1 amide bonds. The van der Waals surface area contributed by atoms with Crippen molar-refractivity contribution in [3.63, 3.8) is 0 Å². The fourth-order valence-corrected chi connectivity index (χ4v) is 2.13. The molecule has 0 unspecified atom stereocenters. The van der Waals surface area contributed by atoms with Crippen LogP contribution in [0.15, 0.2) is 30.1 Å². The molecule has 124 valence electrons. The Labute approximate surface area is 131 Å². The molecule has 0 aromatic heterocycles. The minimum atomic E-state index is -1.46. The van der Waals surface area contributed by atoms with Crippen LogP contribution in [-0.2, 0) is 4.79 Å². The van der Waals surface area contributed by atoms with Crippen LogP contribution in [0.25, 0.3) is 5.70 Å². The number of benzene rings is 1. The summed E-state index contributed by atoms with van der Waals surface area (Å²) in [5.41, 5.74) is 14.3. The monoisotopic (exact) mass is 324 g/mol. The second-order valence-corrected chi connectivity index (χ2v) is 5.45. The number of nitrogens with one attached hydrogen (secondary N) is 1. The highest BCUT2D eigenvalue weighted by molar-refractivity contribution is 5.98. The van der Waals surface area contributed by atoms with Crippen LogP contribution in [0.4, 0.5) is 14.5 Å². The van der Waals surface area contributed by atoms with E-state index in [2.05, 4.69) is 5.32 Å². The van der Waals surface area contributed by atoms with Crippen LogP contribution in [0.2, 0.25) is 0 Å². The molecule has 6 nitrogen and oxygen atoms in total. The van der Waals surface area contributed by atoms with Crippen LogP contribution < -0.4 is 22.5 Å². The summed E-state index contributed by atoms with van der Waals surface area (Å²) in [4.78, 5) is 11.9. The van der Waals surface area contributed by atoms with Gasteiger partial charge in [-0.2, -0.15) is 0 Å². The van der Waals surface area contributed by atoms with Gasteiger partial charge in [0, 0.05) is 23.0 Å². The zero-order valence-electron chi connectivity index (χ0n) is 12.3. The molecule has 1 aromatic rings. The van der Waals surface area contributed by atoms with Crippen LogP contribution in [-0.4, -0.2) is 16.6 Å². The fraction of sp³-hybridized carbons (Fsp3) is 0.267. The van der Waals surface area contributed by atoms with Crippen LogP contribution in [0.5, 0.6) is 0 Å². The number of carbonyl (C=O) groups is 1. The molecule has 23 heavy (non-hydrogen) atoms. The maximum Gasteiger partial charge on any atom is 0.256 e. The Morgan fingerprint density at radius 1 is 1.22 bits per heavy atom. The van der Waals surface area contributed by atoms with E-state index in [1.165, 1.54) is 18.2 Å². The summed E-state index contributed by atoms with van der Waals surface area (Å²) in [6.45, 7) is 0. The van der Waals surface area contributed by atoms with Crippen molar-refractivity contribution in [1.82, 2.24) is 0 Å². The standard InChI is InChI=1S/C15H18F2N4O2/c16-10-7-8(21-14(22)15(23)4-1-5-15)6-9(13(10)17)11(18)2-3-12(19)20/h2-3,6-7,23H,1,4-5,18-20H2,(H,21,22)/b11-2-. The maximum atomic E-state index is 13.9. The lowest BCUT2D eigenvalue weighted by Crippen LogP contribution is -2.48. The Kier molecular flexibility index (Phi) is 4.55. The van der Waals surface area contributed by atoms with Crippen LogP contribution in [0, 0.1) is 11.6 Å². The van der Waals surface area contributed by atoms with E-state index in [0.717, 1.165) is 12.5 Å². The first-order chi connectivity index (χ1) is 10.7. The molecule has 0 spiro atoms. The minimum Gasteiger partial charge on any atom is -0.398 e. The van der Waals surface area contributed by atoms with Gasteiger partial charge in [0.25, 0.3) is 5.91 Å². The van der Waals surface area contributed by atoms with E-state index in [0.29, 0.717) is 12.8 Å². The summed E-state index contributed by atoms with van der Waals surface area (Å²) in [5.74, 6) is -3.05. The van der Waals surface area contributed by atoms with Gasteiger partial charge in [0.2, 0.25) is 0 Å². The second kappa shape index (κ2) is 6.25. The highest BCUT2D eigenvalue weighted by Gasteiger charge is 2.42. The average Bonchev–Trinajstić information content (AvgIpc) is 2.45. The van der Waals surface area contributed by atoms with Gasteiger partial charge in [-0.3, -0.25) is 4.79 Å². The van der Waals surface area contributed by atoms with Gasteiger partial charge >= 0.3 is 0 Å². The van der Waals surface area contributed by atoms with Crippen molar-refractivity contribution in [2.45, 2.75) is 24.9 Å². The third-order valence-corrected chi connectivity index (χ3v) is 3.66. The van der Waals surface area contributed by atoms with Gasteiger partial charge in [-0.25, -0.2) is 8.78 Å². The number of hydrogen-bond donors (Lipinski definition) is 5. The summed E-state index contributed by atoms with van der Waals surface area (Å²) in [7, 11) is 0. The number of rotatable bonds is 4. The number of allylic oxidation sites excluding steroid dienone is 2. The zero-order chi connectivity index (χ0) is 17.2. The largest absolute Gasteiger partial charge is 0.398 e. The second-order valence-electron chi connectivity index (χ2n) is 5.45. The van der Waals surface area contributed by atoms with Crippen LogP contribution in [0.1, 0.15) is 24.8 Å². The molecular weight excluding hydrogens is 306 g/mol. The Morgan fingerprint density at radius 2 is 1.87 bits per heavy atom. The molecule has 2 rings (SSSR count). The molecular formula is C15H18F2N4O2. The van der Waals surface area contributed by atoms with Gasteiger partial charge in [0.1, 0.15) is 5.60 Å². The number of nitrogens with two attached hydrogens (primary N) is 3. The lowest BCUT2D eigenvalue weighted by atomic mass is 9.79. The first kappa shape index (κ1) is 16.8. The van der Waals surface area contributed by atoms with Gasteiger partial charge in [0.15, 0.2) is 11.6 Å². The molecule has 0 radical (unpaired) electrons. The number of anilines is 1. The first-order valence-corrected chi connectivity index (χ1v) is 6.94. The maximum absolute atomic E-state index is 13.9. The van der Waals surface area contributed by atoms with Gasteiger partial charge in [-0.05, 0) is 37.5 Å². The quantitative estimate of drug-likeness (QED) is 0.525. The summed E-state index contributed by atoms with van der Waals surface area (Å²) in [6, 6.07) is 1.99. The number of hydrogen-bond acceptors (Lipinski definition) is 5. The topological polar surface area (TPSA) is 127 Å². The lowest BCUT2D eigenvalue weighted by molar-refractivity contribution is -0.142.